The van der Waals surface area contributed by atoms with E-state index >= 15 is 0 Å². The Morgan fingerprint density at radius 3 is 2.53 bits per heavy atom. The summed E-state index contributed by atoms with van der Waals surface area (Å²) < 4.78 is 32.6. The van der Waals surface area contributed by atoms with Gasteiger partial charge in [0.15, 0.2) is 11.4 Å². The van der Waals surface area contributed by atoms with E-state index in [1.165, 1.54) is 12.1 Å². The van der Waals surface area contributed by atoms with Crippen LogP contribution in [-0.4, -0.2) is 0 Å². The van der Waals surface area contributed by atoms with Crippen LogP contribution < -0.4 is 5.73 Å². The Hall–Kier alpha value is -2.20. The molecule has 0 spiro atoms. The SMILES string of the molecule is NCc1ccc(-c2cc3cccc(F)c3o2)cc1F. The summed E-state index contributed by atoms with van der Waals surface area (Å²) in [6.07, 6.45) is 0. The third-order valence-corrected chi connectivity index (χ3v) is 3.05. The first-order valence-electron chi connectivity index (χ1n) is 5.86. The number of furan rings is 1. The zero-order valence-electron chi connectivity index (χ0n) is 9.99. The van der Waals surface area contributed by atoms with Crippen LogP contribution in [0.3, 0.4) is 0 Å². The number of nitrogens with two attached hydrogens (primary N) is 1. The van der Waals surface area contributed by atoms with Gasteiger partial charge in [-0.1, -0.05) is 24.3 Å². The Balaban J connectivity index is 2.14. The second kappa shape index (κ2) is 4.48. The summed E-state index contributed by atoms with van der Waals surface area (Å²) in [5.41, 5.74) is 6.59. The Kier molecular flexibility index (Phi) is 2.80. The summed E-state index contributed by atoms with van der Waals surface area (Å²) >= 11 is 0. The predicted molar refractivity (Wildman–Crippen MR) is 69.5 cm³/mol. The molecular weight excluding hydrogens is 248 g/mol. The van der Waals surface area contributed by atoms with Crippen molar-refractivity contribution < 1.29 is 13.2 Å². The quantitative estimate of drug-likeness (QED) is 0.759. The molecule has 0 aliphatic carbocycles. The Labute approximate surface area is 108 Å². The van der Waals surface area contributed by atoms with Crippen molar-refractivity contribution >= 4 is 11.0 Å². The molecule has 2 aromatic carbocycles. The molecule has 3 rings (SSSR count). The number of fused-ring (bicyclic) bond motifs is 1. The van der Waals surface area contributed by atoms with E-state index in [0.717, 1.165) is 0 Å². The van der Waals surface area contributed by atoms with Crippen molar-refractivity contribution in [3.63, 3.8) is 0 Å². The largest absolute Gasteiger partial charge is 0.453 e. The van der Waals surface area contributed by atoms with E-state index in [-0.39, 0.29) is 17.9 Å². The van der Waals surface area contributed by atoms with Gasteiger partial charge in [-0.2, -0.15) is 0 Å². The van der Waals surface area contributed by atoms with E-state index in [1.54, 1.807) is 30.3 Å². The summed E-state index contributed by atoms with van der Waals surface area (Å²) in [5.74, 6) is -0.383. The van der Waals surface area contributed by atoms with E-state index in [0.29, 0.717) is 22.3 Å². The predicted octanol–water partition coefficient (Wildman–Crippen LogP) is 3.84. The van der Waals surface area contributed by atoms with E-state index in [2.05, 4.69) is 0 Å². The molecule has 96 valence electrons. The minimum absolute atomic E-state index is 0.140. The van der Waals surface area contributed by atoms with Crippen molar-refractivity contribution in [3.8, 4) is 11.3 Å². The molecule has 1 aromatic heterocycles. The lowest BCUT2D eigenvalue weighted by Crippen LogP contribution is -1.99. The Morgan fingerprint density at radius 2 is 1.84 bits per heavy atom. The summed E-state index contributed by atoms with van der Waals surface area (Å²) in [6, 6.07) is 11.0. The molecule has 0 saturated heterocycles. The van der Waals surface area contributed by atoms with Crippen LogP contribution in [0.5, 0.6) is 0 Å². The van der Waals surface area contributed by atoms with Crippen LogP contribution in [0.4, 0.5) is 8.78 Å². The third-order valence-electron chi connectivity index (χ3n) is 3.05. The second-order valence-electron chi connectivity index (χ2n) is 4.28. The zero-order chi connectivity index (χ0) is 13.4. The first-order chi connectivity index (χ1) is 9.19. The van der Waals surface area contributed by atoms with E-state index < -0.39 is 5.82 Å². The molecule has 19 heavy (non-hydrogen) atoms. The van der Waals surface area contributed by atoms with Gasteiger partial charge in [-0.05, 0) is 18.2 Å². The molecule has 1 heterocycles. The molecule has 2 nitrogen and oxygen atoms in total. The minimum Gasteiger partial charge on any atom is -0.453 e. The van der Waals surface area contributed by atoms with Crippen LogP contribution in [0.15, 0.2) is 46.9 Å². The van der Waals surface area contributed by atoms with Crippen LogP contribution in [0.25, 0.3) is 22.3 Å². The van der Waals surface area contributed by atoms with E-state index in [9.17, 15) is 8.78 Å². The van der Waals surface area contributed by atoms with Crippen LogP contribution >= 0.6 is 0 Å². The summed E-state index contributed by atoms with van der Waals surface area (Å²) in [5, 5.41) is 0.651. The zero-order valence-corrected chi connectivity index (χ0v) is 9.99. The van der Waals surface area contributed by atoms with Crippen molar-refractivity contribution in [3.05, 3.63) is 59.7 Å². The fourth-order valence-electron chi connectivity index (χ4n) is 2.04. The van der Waals surface area contributed by atoms with Gasteiger partial charge in [0.05, 0.1) is 0 Å². The molecule has 0 aliphatic heterocycles. The number of halogens is 2. The molecule has 0 fully saturated rings. The maximum Gasteiger partial charge on any atom is 0.170 e. The van der Waals surface area contributed by atoms with Gasteiger partial charge in [-0.25, -0.2) is 8.78 Å². The highest BCUT2D eigenvalue weighted by atomic mass is 19.1. The first kappa shape index (κ1) is 11.9. The fraction of sp³-hybridized carbons (Fsp3) is 0.0667. The van der Waals surface area contributed by atoms with Gasteiger partial charge >= 0.3 is 0 Å². The molecule has 0 radical (unpaired) electrons. The normalized spacial score (nSPS) is 11.1. The topological polar surface area (TPSA) is 39.2 Å². The molecule has 0 saturated carbocycles. The van der Waals surface area contributed by atoms with Crippen LogP contribution in [0, 0.1) is 11.6 Å². The molecule has 4 heteroatoms. The maximum atomic E-state index is 13.7. The van der Waals surface area contributed by atoms with Crippen LogP contribution in [0.2, 0.25) is 0 Å². The fourth-order valence-corrected chi connectivity index (χ4v) is 2.04. The number of hydrogen-bond donors (Lipinski definition) is 1. The summed E-state index contributed by atoms with van der Waals surface area (Å²) in [4.78, 5) is 0. The van der Waals surface area contributed by atoms with Crippen LogP contribution in [0.1, 0.15) is 5.56 Å². The van der Waals surface area contributed by atoms with E-state index in [1.807, 2.05) is 0 Å². The van der Waals surface area contributed by atoms with Gasteiger partial charge in [0, 0.05) is 23.1 Å². The second-order valence-corrected chi connectivity index (χ2v) is 4.28. The highest BCUT2D eigenvalue weighted by Crippen LogP contribution is 2.30. The van der Waals surface area contributed by atoms with Crippen molar-refractivity contribution in [1.82, 2.24) is 0 Å². The number of para-hydroxylation sites is 1. The molecular formula is C15H11F2NO. The maximum absolute atomic E-state index is 13.7. The van der Waals surface area contributed by atoms with Crippen molar-refractivity contribution in [2.75, 3.05) is 0 Å². The lowest BCUT2D eigenvalue weighted by atomic mass is 10.1. The average Bonchev–Trinajstić information content (AvgIpc) is 2.84. The van der Waals surface area contributed by atoms with Gasteiger partial charge < -0.3 is 10.2 Å². The lowest BCUT2D eigenvalue weighted by Gasteiger charge is -2.01. The number of hydrogen-bond acceptors (Lipinski definition) is 2. The highest BCUT2D eigenvalue weighted by Gasteiger charge is 2.11. The summed E-state index contributed by atoms with van der Waals surface area (Å²) in [6.45, 7) is 0.140. The molecule has 0 atom stereocenters. The molecule has 0 unspecified atom stereocenters. The molecule has 0 amide bonds. The van der Waals surface area contributed by atoms with Crippen molar-refractivity contribution in [1.29, 1.82) is 0 Å². The van der Waals surface area contributed by atoms with Crippen LogP contribution in [-0.2, 0) is 6.54 Å². The van der Waals surface area contributed by atoms with Gasteiger partial charge in [0.2, 0.25) is 0 Å². The van der Waals surface area contributed by atoms with Gasteiger partial charge in [-0.3, -0.25) is 0 Å². The summed E-state index contributed by atoms with van der Waals surface area (Å²) in [7, 11) is 0. The average molecular weight is 259 g/mol. The highest BCUT2D eigenvalue weighted by molar-refractivity contribution is 5.83. The minimum atomic E-state index is -0.428. The van der Waals surface area contributed by atoms with E-state index in [4.69, 9.17) is 10.2 Å². The molecule has 0 aliphatic rings. The van der Waals surface area contributed by atoms with Gasteiger partial charge in [-0.15, -0.1) is 0 Å². The molecule has 3 aromatic rings. The smallest absolute Gasteiger partial charge is 0.170 e. The Bertz CT molecular complexity index is 749. The standard InChI is InChI=1S/C15H11F2NO/c16-12-3-1-2-10-7-14(19-15(10)12)9-4-5-11(8-18)13(17)6-9/h1-7H,8,18H2. The number of rotatable bonds is 2. The number of benzene rings is 2. The van der Waals surface area contributed by atoms with Gasteiger partial charge in [0.1, 0.15) is 11.6 Å². The van der Waals surface area contributed by atoms with Crippen molar-refractivity contribution in [2.45, 2.75) is 6.54 Å². The monoisotopic (exact) mass is 259 g/mol. The molecule has 2 N–H and O–H groups in total. The van der Waals surface area contributed by atoms with Crippen molar-refractivity contribution in [2.24, 2.45) is 5.73 Å². The molecule has 0 bridgehead atoms. The Morgan fingerprint density at radius 1 is 1.00 bits per heavy atom. The lowest BCUT2D eigenvalue weighted by molar-refractivity contribution is 0.567. The first-order valence-corrected chi connectivity index (χ1v) is 5.86. The van der Waals surface area contributed by atoms with Gasteiger partial charge in [0.25, 0.3) is 0 Å². The third kappa shape index (κ3) is 2.00.